The van der Waals surface area contributed by atoms with E-state index >= 15 is 0 Å². The number of rotatable bonds is 9. The van der Waals surface area contributed by atoms with Crippen molar-refractivity contribution in [2.45, 2.75) is 26.7 Å². The second kappa shape index (κ2) is 14.3. The number of halogens is 2. The van der Waals surface area contributed by atoms with Crippen molar-refractivity contribution in [3.05, 3.63) is 105 Å². The van der Waals surface area contributed by atoms with Crippen molar-refractivity contribution in [2.24, 2.45) is 0 Å². The number of carbonyl (C=O) groups is 2. The highest BCUT2D eigenvalue weighted by atomic mass is 35.5. The highest BCUT2D eigenvalue weighted by Gasteiger charge is 2.15. The number of phenols is 1. The predicted octanol–water partition coefficient (Wildman–Crippen LogP) is 7.12. The number of aromatic hydroxyl groups is 1. The molecule has 4 aromatic rings. The van der Waals surface area contributed by atoms with Crippen LogP contribution in [0.3, 0.4) is 0 Å². The third-order valence-corrected chi connectivity index (χ3v) is 5.76. The molecule has 0 bridgehead atoms. The molecule has 0 aliphatic rings. The lowest BCUT2D eigenvalue weighted by Crippen LogP contribution is -2.02. The molecule has 0 fully saturated rings. The molecule has 2 aromatic carbocycles. The molecule has 0 radical (unpaired) electrons. The Kier molecular flexibility index (Phi) is 10.9. The first kappa shape index (κ1) is 29.7. The van der Waals surface area contributed by atoms with E-state index in [1.807, 2.05) is 6.07 Å². The lowest BCUT2D eigenvalue weighted by atomic mass is 10.1. The van der Waals surface area contributed by atoms with E-state index in [0.717, 1.165) is 11.3 Å². The normalized spacial score (nSPS) is 10.4. The average molecular weight is 575 g/mol. The predicted molar refractivity (Wildman–Crippen MR) is 146 cm³/mol. The van der Waals surface area contributed by atoms with Gasteiger partial charge in [-0.25, -0.2) is 9.59 Å². The van der Waals surface area contributed by atoms with Crippen LogP contribution in [0, 0.1) is 0 Å². The van der Waals surface area contributed by atoms with Crippen molar-refractivity contribution in [1.29, 1.82) is 0 Å². The van der Waals surface area contributed by atoms with Gasteiger partial charge in [0.25, 0.3) is 0 Å². The SMILES string of the molecule is CCOC(=O)c1ccc(Cc2cc(Cl)ccc2O)o1.CCOC(=O)c1ccc(Cc2cc(Cl)ccc2OC)o1. The number of hydrogen-bond acceptors (Lipinski definition) is 8. The van der Waals surface area contributed by atoms with Crippen molar-refractivity contribution < 1.29 is 37.7 Å². The van der Waals surface area contributed by atoms with E-state index in [-0.39, 0.29) is 17.3 Å². The molecule has 0 saturated heterocycles. The summed E-state index contributed by atoms with van der Waals surface area (Å²) in [5, 5.41) is 10.9. The van der Waals surface area contributed by atoms with Gasteiger partial charge in [-0.05, 0) is 74.5 Å². The third-order valence-electron chi connectivity index (χ3n) is 5.29. The zero-order valence-corrected chi connectivity index (χ0v) is 23.2. The summed E-state index contributed by atoms with van der Waals surface area (Å²) in [7, 11) is 1.60. The van der Waals surface area contributed by atoms with Gasteiger partial charge in [-0.1, -0.05) is 23.2 Å². The van der Waals surface area contributed by atoms with E-state index in [1.165, 1.54) is 6.07 Å². The van der Waals surface area contributed by atoms with Gasteiger partial charge in [0, 0.05) is 34.0 Å². The van der Waals surface area contributed by atoms with Crippen LogP contribution in [0.25, 0.3) is 0 Å². The van der Waals surface area contributed by atoms with Crippen molar-refractivity contribution in [3.8, 4) is 11.5 Å². The molecule has 8 nitrogen and oxygen atoms in total. The molecule has 10 heteroatoms. The summed E-state index contributed by atoms with van der Waals surface area (Å²) < 4.78 is 25.8. The molecule has 2 aromatic heterocycles. The summed E-state index contributed by atoms with van der Waals surface area (Å²) >= 11 is 11.8. The topological polar surface area (TPSA) is 108 Å². The monoisotopic (exact) mass is 574 g/mol. The molecular weight excluding hydrogens is 547 g/mol. The number of carbonyl (C=O) groups excluding carboxylic acids is 2. The van der Waals surface area contributed by atoms with Crippen LogP contribution < -0.4 is 4.74 Å². The van der Waals surface area contributed by atoms with E-state index in [1.54, 1.807) is 69.5 Å². The number of phenolic OH excluding ortho intramolecular Hbond substituents is 1. The second-order valence-corrected chi connectivity index (χ2v) is 8.93. The van der Waals surface area contributed by atoms with E-state index < -0.39 is 11.9 Å². The summed E-state index contributed by atoms with van der Waals surface area (Å²) in [5.74, 6) is 1.46. The minimum atomic E-state index is -0.496. The molecule has 0 saturated carbocycles. The molecule has 4 rings (SSSR count). The molecule has 0 spiro atoms. The summed E-state index contributed by atoms with van der Waals surface area (Å²) in [4.78, 5) is 23.0. The van der Waals surface area contributed by atoms with Gasteiger partial charge in [-0.3, -0.25) is 0 Å². The lowest BCUT2D eigenvalue weighted by molar-refractivity contribution is 0.0479. The van der Waals surface area contributed by atoms with Gasteiger partial charge in [0.2, 0.25) is 11.5 Å². The average Bonchev–Trinajstić information content (AvgIpc) is 3.57. The number of furan rings is 2. The maximum absolute atomic E-state index is 11.5. The van der Waals surface area contributed by atoms with Crippen LogP contribution >= 0.6 is 23.2 Å². The third kappa shape index (κ3) is 8.56. The fourth-order valence-corrected chi connectivity index (χ4v) is 3.92. The molecule has 0 unspecified atom stereocenters. The summed E-state index contributed by atoms with van der Waals surface area (Å²) in [6.45, 7) is 4.09. The van der Waals surface area contributed by atoms with Gasteiger partial charge < -0.3 is 28.2 Å². The number of hydrogen-bond donors (Lipinski definition) is 1. The van der Waals surface area contributed by atoms with Crippen LogP contribution in [-0.4, -0.2) is 37.4 Å². The molecular formula is C29H28Cl2O8. The maximum Gasteiger partial charge on any atom is 0.374 e. The highest BCUT2D eigenvalue weighted by molar-refractivity contribution is 6.31. The fraction of sp³-hybridized carbons (Fsp3) is 0.241. The van der Waals surface area contributed by atoms with E-state index in [0.29, 0.717) is 53.2 Å². The van der Waals surface area contributed by atoms with Crippen LogP contribution in [0.15, 0.2) is 69.5 Å². The summed E-state index contributed by atoms with van der Waals surface area (Å²) in [6.07, 6.45) is 0.842. The Balaban J connectivity index is 0.000000216. The Hall–Kier alpha value is -3.88. The Morgan fingerprint density at radius 1 is 0.744 bits per heavy atom. The second-order valence-electron chi connectivity index (χ2n) is 8.06. The Morgan fingerprint density at radius 3 is 1.74 bits per heavy atom. The minimum Gasteiger partial charge on any atom is -0.508 e. The number of ether oxygens (including phenoxy) is 3. The van der Waals surface area contributed by atoms with Crippen molar-refractivity contribution in [1.82, 2.24) is 0 Å². The van der Waals surface area contributed by atoms with Gasteiger partial charge in [-0.2, -0.15) is 0 Å². The highest BCUT2D eigenvalue weighted by Crippen LogP contribution is 2.27. The lowest BCUT2D eigenvalue weighted by Gasteiger charge is -2.07. The summed E-state index contributed by atoms with van der Waals surface area (Å²) in [5.41, 5.74) is 1.53. The Labute approximate surface area is 236 Å². The number of esters is 2. The molecule has 206 valence electrons. The first-order valence-corrected chi connectivity index (χ1v) is 12.8. The Bertz CT molecular complexity index is 1410. The van der Waals surface area contributed by atoms with Crippen molar-refractivity contribution >= 4 is 35.1 Å². The molecule has 0 aliphatic heterocycles. The fourth-order valence-electron chi connectivity index (χ4n) is 3.53. The van der Waals surface area contributed by atoms with Crippen LogP contribution in [-0.2, 0) is 22.3 Å². The molecule has 2 heterocycles. The molecule has 0 aliphatic carbocycles. The van der Waals surface area contributed by atoms with Gasteiger partial charge >= 0.3 is 11.9 Å². The molecule has 0 atom stereocenters. The van der Waals surface area contributed by atoms with Crippen LogP contribution in [0.2, 0.25) is 10.0 Å². The van der Waals surface area contributed by atoms with E-state index in [4.69, 9.17) is 46.2 Å². The standard InChI is InChI=1S/C15H15ClO4.C14H13ClO4/c1-3-19-15(17)14-7-5-12(20-14)9-10-8-11(16)4-6-13(10)18-2;1-2-18-14(17)13-6-4-11(19-13)8-9-7-10(15)3-5-12(9)16/h4-8H,3,9H2,1-2H3;3-7,16H,2,8H2,1H3. The first-order chi connectivity index (χ1) is 18.7. The Morgan fingerprint density at radius 2 is 1.23 bits per heavy atom. The van der Waals surface area contributed by atoms with Crippen LogP contribution in [0.5, 0.6) is 11.5 Å². The largest absolute Gasteiger partial charge is 0.508 e. The van der Waals surface area contributed by atoms with Gasteiger partial charge in [0.1, 0.15) is 23.0 Å². The van der Waals surface area contributed by atoms with Gasteiger partial charge in [0.15, 0.2) is 0 Å². The van der Waals surface area contributed by atoms with E-state index in [9.17, 15) is 14.7 Å². The quantitative estimate of drug-likeness (QED) is 0.210. The van der Waals surface area contributed by atoms with Gasteiger partial charge in [0.05, 0.1) is 20.3 Å². The van der Waals surface area contributed by atoms with Crippen LogP contribution in [0.4, 0.5) is 0 Å². The molecule has 1 N–H and O–H groups in total. The summed E-state index contributed by atoms with van der Waals surface area (Å²) in [6, 6.07) is 16.7. The zero-order chi connectivity index (χ0) is 28.4. The van der Waals surface area contributed by atoms with Crippen LogP contribution in [0.1, 0.15) is 57.6 Å². The number of benzene rings is 2. The maximum atomic E-state index is 11.5. The van der Waals surface area contributed by atoms with E-state index in [2.05, 4.69) is 0 Å². The minimum absolute atomic E-state index is 0.137. The van der Waals surface area contributed by atoms with Crippen molar-refractivity contribution in [2.75, 3.05) is 20.3 Å². The zero-order valence-electron chi connectivity index (χ0n) is 21.7. The molecule has 0 amide bonds. The van der Waals surface area contributed by atoms with Crippen molar-refractivity contribution in [3.63, 3.8) is 0 Å². The first-order valence-electron chi connectivity index (χ1n) is 12.1. The smallest absolute Gasteiger partial charge is 0.374 e. The molecule has 39 heavy (non-hydrogen) atoms. The number of methoxy groups -OCH3 is 1. The van der Waals surface area contributed by atoms with Gasteiger partial charge in [-0.15, -0.1) is 0 Å².